The molecule has 0 saturated heterocycles. The van der Waals surface area contributed by atoms with Crippen LogP contribution in [0.5, 0.6) is 0 Å². The molecule has 4 heteroatoms. The Kier molecular flexibility index (Phi) is 7.42. The number of ether oxygens (including phenoxy) is 1. The average molecular weight is 242 g/mol. The lowest BCUT2D eigenvalue weighted by Crippen LogP contribution is -2.27. The van der Waals surface area contributed by atoms with E-state index in [2.05, 4.69) is 0 Å². The van der Waals surface area contributed by atoms with Gasteiger partial charge in [-0.15, -0.1) is 0 Å². The van der Waals surface area contributed by atoms with Crippen molar-refractivity contribution in [3.8, 4) is 0 Å². The van der Waals surface area contributed by atoms with Crippen LogP contribution in [0.25, 0.3) is 0 Å². The molecule has 0 amide bonds. The minimum atomic E-state index is -0.642. The van der Waals surface area contributed by atoms with Crippen molar-refractivity contribution in [1.82, 2.24) is 0 Å². The van der Waals surface area contributed by atoms with E-state index in [1.807, 2.05) is 6.92 Å². The molecule has 0 aliphatic rings. The number of carbonyl (C=O) groups is 3. The van der Waals surface area contributed by atoms with Crippen LogP contribution >= 0.6 is 0 Å². The zero-order chi connectivity index (χ0) is 13.4. The van der Waals surface area contributed by atoms with E-state index in [0.29, 0.717) is 12.8 Å². The molecule has 0 fully saturated rings. The Morgan fingerprint density at radius 1 is 1.06 bits per heavy atom. The first kappa shape index (κ1) is 15.8. The second kappa shape index (κ2) is 7.98. The monoisotopic (exact) mass is 242 g/mol. The first-order chi connectivity index (χ1) is 7.88. The fraction of sp³-hybridized carbons (Fsp3) is 0.769. The summed E-state index contributed by atoms with van der Waals surface area (Å²) in [6.45, 7) is 6.18. The van der Waals surface area contributed by atoms with Crippen molar-refractivity contribution in [2.75, 3.05) is 0 Å². The Morgan fingerprint density at radius 2 is 1.59 bits per heavy atom. The summed E-state index contributed by atoms with van der Waals surface area (Å²) in [6.07, 6.45) is 2.59. The van der Waals surface area contributed by atoms with Gasteiger partial charge >= 0.3 is 5.97 Å². The van der Waals surface area contributed by atoms with Crippen molar-refractivity contribution >= 4 is 17.5 Å². The lowest BCUT2D eigenvalue weighted by atomic mass is 9.92. The summed E-state index contributed by atoms with van der Waals surface area (Å²) in [6, 6.07) is 0. The van der Waals surface area contributed by atoms with Crippen molar-refractivity contribution in [3.63, 3.8) is 0 Å². The molecule has 17 heavy (non-hydrogen) atoms. The number of Topliss-reactive ketones (excluding diaryl/α,β-unsaturated/α-hetero) is 2. The van der Waals surface area contributed by atoms with Crippen molar-refractivity contribution in [2.24, 2.45) is 5.92 Å². The minimum Gasteiger partial charge on any atom is -0.463 e. The van der Waals surface area contributed by atoms with Gasteiger partial charge in [0.15, 0.2) is 0 Å². The fourth-order valence-corrected chi connectivity index (χ4v) is 1.77. The van der Waals surface area contributed by atoms with E-state index in [9.17, 15) is 14.4 Å². The van der Waals surface area contributed by atoms with Crippen molar-refractivity contribution in [1.29, 1.82) is 0 Å². The second-order valence-electron chi connectivity index (χ2n) is 4.38. The SMILES string of the molecule is CCCCC(CC(C(C)=O)C(C)=O)OC(C)=O. The van der Waals surface area contributed by atoms with Crippen molar-refractivity contribution in [3.05, 3.63) is 0 Å². The second-order valence-corrected chi connectivity index (χ2v) is 4.38. The molecule has 4 nitrogen and oxygen atoms in total. The topological polar surface area (TPSA) is 60.4 Å². The van der Waals surface area contributed by atoms with Gasteiger partial charge in [0, 0.05) is 13.3 Å². The molecule has 0 saturated carbocycles. The third kappa shape index (κ3) is 6.87. The average Bonchev–Trinajstić information content (AvgIpc) is 2.20. The molecular weight excluding hydrogens is 220 g/mol. The Balaban J connectivity index is 4.51. The molecule has 0 aromatic carbocycles. The molecule has 1 atom stereocenters. The van der Waals surface area contributed by atoms with Crippen molar-refractivity contribution in [2.45, 2.75) is 59.5 Å². The Hall–Kier alpha value is -1.19. The van der Waals surface area contributed by atoms with Gasteiger partial charge in [0.25, 0.3) is 0 Å². The normalized spacial score (nSPS) is 12.3. The van der Waals surface area contributed by atoms with Crippen LogP contribution in [0, 0.1) is 5.92 Å². The van der Waals surface area contributed by atoms with Crippen LogP contribution in [-0.2, 0) is 19.1 Å². The molecule has 0 aliphatic carbocycles. The third-order valence-corrected chi connectivity index (χ3v) is 2.69. The van der Waals surface area contributed by atoms with Crippen LogP contribution < -0.4 is 0 Å². The lowest BCUT2D eigenvalue weighted by molar-refractivity contribution is -0.149. The first-order valence-corrected chi connectivity index (χ1v) is 6.06. The van der Waals surface area contributed by atoms with Crippen LogP contribution in [0.15, 0.2) is 0 Å². The van der Waals surface area contributed by atoms with Gasteiger partial charge in [-0.1, -0.05) is 19.8 Å². The van der Waals surface area contributed by atoms with Crippen LogP contribution in [0.1, 0.15) is 53.4 Å². The van der Waals surface area contributed by atoms with E-state index in [4.69, 9.17) is 4.74 Å². The zero-order valence-electron chi connectivity index (χ0n) is 11.1. The highest BCUT2D eigenvalue weighted by Gasteiger charge is 2.25. The number of unbranched alkanes of at least 4 members (excludes halogenated alkanes) is 1. The van der Waals surface area contributed by atoms with Crippen LogP contribution in [0.2, 0.25) is 0 Å². The number of ketones is 2. The highest BCUT2D eigenvalue weighted by atomic mass is 16.5. The predicted molar refractivity (Wildman–Crippen MR) is 64.5 cm³/mol. The highest BCUT2D eigenvalue weighted by molar-refractivity contribution is 6.00. The van der Waals surface area contributed by atoms with Crippen molar-refractivity contribution < 1.29 is 19.1 Å². The van der Waals surface area contributed by atoms with E-state index in [1.54, 1.807) is 0 Å². The molecule has 0 aromatic heterocycles. The Labute approximate surface area is 103 Å². The molecule has 0 aliphatic heterocycles. The maximum Gasteiger partial charge on any atom is 0.302 e. The maximum absolute atomic E-state index is 11.3. The summed E-state index contributed by atoms with van der Waals surface area (Å²) in [5.41, 5.74) is 0. The molecule has 0 bridgehead atoms. The van der Waals surface area contributed by atoms with Gasteiger partial charge in [-0.25, -0.2) is 0 Å². The summed E-state index contributed by atoms with van der Waals surface area (Å²) >= 11 is 0. The highest BCUT2D eigenvalue weighted by Crippen LogP contribution is 2.17. The standard InChI is InChI=1S/C13H22O4/c1-5-6-7-12(17-11(4)16)8-13(9(2)14)10(3)15/h12-13H,5-8H2,1-4H3. The van der Waals surface area contributed by atoms with E-state index < -0.39 is 5.92 Å². The molecule has 0 heterocycles. The van der Waals surface area contributed by atoms with Crippen LogP contribution in [-0.4, -0.2) is 23.6 Å². The molecule has 1 unspecified atom stereocenters. The van der Waals surface area contributed by atoms with E-state index in [0.717, 1.165) is 12.8 Å². The van der Waals surface area contributed by atoms with Gasteiger partial charge in [-0.2, -0.15) is 0 Å². The first-order valence-electron chi connectivity index (χ1n) is 6.06. The summed E-state index contributed by atoms with van der Waals surface area (Å²) in [4.78, 5) is 33.6. The zero-order valence-corrected chi connectivity index (χ0v) is 11.1. The van der Waals surface area contributed by atoms with Gasteiger partial charge < -0.3 is 4.74 Å². The number of esters is 1. The van der Waals surface area contributed by atoms with Gasteiger partial charge in [0.05, 0.1) is 5.92 Å². The summed E-state index contributed by atoms with van der Waals surface area (Å²) in [7, 11) is 0. The van der Waals surface area contributed by atoms with Crippen LogP contribution in [0.3, 0.4) is 0 Å². The molecule has 0 N–H and O–H groups in total. The van der Waals surface area contributed by atoms with E-state index in [1.165, 1.54) is 20.8 Å². The number of rotatable bonds is 8. The summed E-state index contributed by atoms with van der Waals surface area (Å²) < 4.78 is 5.14. The van der Waals surface area contributed by atoms with Crippen LogP contribution in [0.4, 0.5) is 0 Å². The molecular formula is C13H22O4. The van der Waals surface area contributed by atoms with Gasteiger partial charge in [-0.3, -0.25) is 14.4 Å². The Morgan fingerprint density at radius 3 is 1.94 bits per heavy atom. The molecule has 0 aromatic rings. The summed E-state index contributed by atoms with van der Waals surface area (Å²) in [5, 5.41) is 0. The van der Waals surface area contributed by atoms with Gasteiger partial charge in [0.2, 0.25) is 0 Å². The molecule has 98 valence electrons. The number of hydrogen-bond donors (Lipinski definition) is 0. The third-order valence-electron chi connectivity index (χ3n) is 2.69. The number of hydrogen-bond acceptors (Lipinski definition) is 4. The van der Waals surface area contributed by atoms with E-state index in [-0.39, 0.29) is 23.6 Å². The largest absolute Gasteiger partial charge is 0.463 e. The molecule has 0 rings (SSSR count). The Bertz CT molecular complexity index is 269. The maximum atomic E-state index is 11.3. The van der Waals surface area contributed by atoms with E-state index >= 15 is 0 Å². The smallest absolute Gasteiger partial charge is 0.302 e. The molecule has 0 spiro atoms. The fourth-order valence-electron chi connectivity index (χ4n) is 1.77. The van der Waals surface area contributed by atoms with Gasteiger partial charge in [0.1, 0.15) is 17.7 Å². The van der Waals surface area contributed by atoms with Gasteiger partial charge in [-0.05, 0) is 20.3 Å². The lowest BCUT2D eigenvalue weighted by Gasteiger charge is -2.20. The summed E-state index contributed by atoms with van der Waals surface area (Å²) in [5.74, 6) is -1.33. The predicted octanol–water partition coefficient (Wildman–Crippen LogP) is 2.29. The minimum absolute atomic E-state index is 0.161. The quantitative estimate of drug-likeness (QED) is 0.484. The number of carbonyl (C=O) groups excluding carboxylic acids is 3. The molecule has 0 radical (unpaired) electrons.